The van der Waals surface area contributed by atoms with Crippen LogP contribution in [0.1, 0.15) is 22.8 Å². The molecule has 3 aromatic carbocycles. The summed E-state index contributed by atoms with van der Waals surface area (Å²) in [5, 5.41) is 0. The van der Waals surface area contributed by atoms with Crippen molar-refractivity contribution in [3.05, 3.63) is 100 Å². The molecule has 3 aromatic rings. The van der Waals surface area contributed by atoms with Crippen molar-refractivity contribution in [3.8, 4) is 5.75 Å². The van der Waals surface area contributed by atoms with Crippen LogP contribution in [0.15, 0.2) is 83.3 Å². The van der Waals surface area contributed by atoms with Crippen LogP contribution in [0.3, 0.4) is 0 Å². The van der Waals surface area contributed by atoms with Crippen LogP contribution in [-0.2, 0) is 0 Å². The molecule has 3 rings (SSSR count). The molecule has 0 aromatic heterocycles. The van der Waals surface area contributed by atoms with Crippen LogP contribution in [0.4, 0.5) is 0 Å². The molecule has 110 valence electrons. The summed E-state index contributed by atoms with van der Waals surface area (Å²) in [7, 11) is 0. The summed E-state index contributed by atoms with van der Waals surface area (Å²) in [6, 6.07) is 26.7. The Kier molecular flexibility index (Phi) is 4.59. The highest BCUT2D eigenvalue weighted by molar-refractivity contribution is 9.10. The highest BCUT2D eigenvalue weighted by atomic mass is 79.9. The van der Waals surface area contributed by atoms with Gasteiger partial charge in [0.2, 0.25) is 0 Å². The molecule has 0 aliphatic heterocycles. The molecule has 0 saturated carbocycles. The molecule has 0 amide bonds. The zero-order valence-corrected chi connectivity index (χ0v) is 14.0. The summed E-state index contributed by atoms with van der Waals surface area (Å²) in [5.41, 5.74) is 3.42. The summed E-state index contributed by atoms with van der Waals surface area (Å²) in [5.74, 6) is 0.904. The van der Waals surface area contributed by atoms with Crippen molar-refractivity contribution in [2.45, 2.75) is 13.0 Å². The minimum Gasteiger partial charge on any atom is -0.481 e. The fraction of sp³-hybridized carbons (Fsp3) is 0.100. The first kappa shape index (κ1) is 14.9. The van der Waals surface area contributed by atoms with Crippen LogP contribution in [0, 0.1) is 6.92 Å². The highest BCUT2D eigenvalue weighted by Gasteiger charge is 2.16. The first-order chi connectivity index (χ1) is 10.7. The van der Waals surface area contributed by atoms with Crippen LogP contribution in [0.2, 0.25) is 0 Å². The Morgan fingerprint density at radius 1 is 0.773 bits per heavy atom. The Morgan fingerprint density at radius 2 is 1.32 bits per heavy atom. The quantitative estimate of drug-likeness (QED) is 0.565. The number of hydrogen-bond donors (Lipinski definition) is 0. The zero-order chi connectivity index (χ0) is 15.4. The van der Waals surface area contributed by atoms with Crippen molar-refractivity contribution >= 4 is 15.9 Å². The van der Waals surface area contributed by atoms with E-state index in [1.165, 1.54) is 0 Å². The van der Waals surface area contributed by atoms with E-state index in [0.29, 0.717) is 0 Å². The largest absolute Gasteiger partial charge is 0.481 e. The van der Waals surface area contributed by atoms with E-state index in [4.69, 9.17) is 4.74 Å². The third-order valence-electron chi connectivity index (χ3n) is 3.59. The Bertz CT molecular complexity index is 699. The van der Waals surface area contributed by atoms with E-state index in [0.717, 1.165) is 26.9 Å². The van der Waals surface area contributed by atoms with E-state index in [1.54, 1.807) is 0 Å². The molecule has 1 nitrogen and oxygen atoms in total. The second kappa shape index (κ2) is 6.80. The van der Waals surface area contributed by atoms with Gasteiger partial charge in [0.05, 0.1) is 0 Å². The molecular formula is C20H17BrO. The molecule has 0 aliphatic carbocycles. The molecule has 0 unspecified atom stereocenters. The van der Waals surface area contributed by atoms with Gasteiger partial charge in [-0.3, -0.25) is 0 Å². The van der Waals surface area contributed by atoms with Gasteiger partial charge in [-0.25, -0.2) is 0 Å². The minimum atomic E-state index is -0.109. The van der Waals surface area contributed by atoms with E-state index in [1.807, 2.05) is 48.5 Å². The molecule has 0 spiro atoms. The Hall–Kier alpha value is -2.06. The van der Waals surface area contributed by atoms with E-state index < -0.39 is 0 Å². The topological polar surface area (TPSA) is 9.23 Å². The lowest BCUT2D eigenvalue weighted by atomic mass is 10.0. The summed E-state index contributed by atoms with van der Waals surface area (Å²) in [6.45, 7) is 2.06. The average Bonchev–Trinajstić information content (AvgIpc) is 2.56. The SMILES string of the molecule is Cc1cc(Br)ccc1OC(c1ccccc1)c1ccccc1. The first-order valence-corrected chi connectivity index (χ1v) is 8.06. The molecule has 0 heterocycles. The van der Waals surface area contributed by atoms with Crippen LogP contribution in [0.25, 0.3) is 0 Å². The number of halogens is 1. The number of benzene rings is 3. The van der Waals surface area contributed by atoms with Crippen molar-refractivity contribution in [1.29, 1.82) is 0 Å². The monoisotopic (exact) mass is 352 g/mol. The Balaban J connectivity index is 1.99. The van der Waals surface area contributed by atoms with Gasteiger partial charge >= 0.3 is 0 Å². The van der Waals surface area contributed by atoms with Gasteiger partial charge in [0.1, 0.15) is 11.9 Å². The van der Waals surface area contributed by atoms with Crippen molar-refractivity contribution < 1.29 is 4.74 Å². The van der Waals surface area contributed by atoms with Gasteiger partial charge < -0.3 is 4.74 Å². The smallest absolute Gasteiger partial charge is 0.149 e. The highest BCUT2D eigenvalue weighted by Crippen LogP contribution is 2.31. The van der Waals surface area contributed by atoms with Crippen LogP contribution in [0.5, 0.6) is 5.75 Å². The Morgan fingerprint density at radius 3 is 1.82 bits per heavy atom. The molecule has 0 bridgehead atoms. The van der Waals surface area contributed by atoms with Gasteiger partial charge in [0.25, 0.3) is 0 Å². The van der Waals surface area contributed by atoms with Crippen LogP contribution in [-0.4, -0.2) is 0 Å². The zero-order valence-electron chi connectivity index (χ0n) is 12.4. The molecule has 0 N–H and O–H groups in total. The van der Waals surface area contributed by atoms with E-state index in [9.17, 15) is 0 Å². The lowest BCUT2D eigenvalue weighted by Crippen LogP contribution is -2.10. The van der Waals surface area contributed by atoms with E-state index in [-0.39, 0.29) is 6.10 Å². The average molecular weight is 353 g/mol. The number of hydrogen-bond acceptors (Lipinski definition) is 1. The third kappa shape index (κ3) is 3.40. The number of aryl methyl sites for hydroxylation is 1. The number of rotatable bonds is 4. The van der Waals surface area contributed by atoms with Gasteiger partial charge in [0.15, 0.2) is 0 Å². The van der Waals surface area contributed by atoms with Crippen LogP contribution >= 0.6 is 15.9 Å². The lowest BCUT2D eigenvalue weighted by Gasteiger charge is -2.21. The molecule has 0 saturated heterocycles. The van der Waals surface area contributed by atoms with Gasteiger partial charge in [-0.1, -0.05) is 76.6 Å². The maximum Gasteiger partial charge on any atom is 0.149 e. The van der Waals surface area contributed by atoms with Gasteiger partial charge in [-0.2, -0.15) is 0 Å². The molecule has 0 aliphatic rings. The minimum absolute atomic E-state index is 0.109. The summed E-state index contributed by atoms with van der Waals surface area (Å²) in [4.78, 5) is 0. The second-order valence-electron chi connectivity index (χ2n) is 5.23. The van der Waals surface area contributed by atoms with Crippen molar-refractivity contribution in [2.24, 2.45) is 0 Å². The Labute approximate surface area is 139 Å². The summed E-state index contributed by atoms with van der Waals surface area (Å²) < 4.78 is 7.41. The molecule has 22 heavy (non-hydrogen) atoms. The lowest BCUT2D eigenvalue weighted by molar-refractivity contribution is 0.245. The van der Waals surface area contributed by atoms with E-state index in [2.05, 4.69) is 53.2 Å². The predicted molar refractivity (Wildman–Crippen MR) is 94.2 cm³/mol. The molecule has 2 heteroatoms. The normalized spacial score (nSPS) is 10.7. The van der Waals surface area contributed by atoms with Crippen molar-refractivity contribution in [2.75, 3.05) is 0 Å². The van der Waals surface area contributed by atoms with Gasteiger partial charge in [-0.15, -0.1) is 0 Å². The second-order valence-corrected chi connectivity index (χ2v) is 6.14. The fourth-order valence-corrected chi connectivity index (χ4v) is 2.93. The van der Waals surface area contributed by atoms with Crippen molar-refractivity contribution in [1.82, 2.24) is 0 Å². The van der Waals surface area contributed by atoms with Gasteiger partial charge in [-0.05, 0) is 41.8 Å². The molecule has 0 atom stereocenters. The predicted octanol–water partition coefficient (Wildman–Crippen LogP) is 5.93. The third-order valence-corrected chi connectivity index (χ3v) is 4.08. The molecule has 0 radical (unpaired) electrons. The van der Waals surface area contributed by atoms with Gasteiger partial charge in [0, 0.05) is 4.47 Å². The maximum absolute atomic E-state index is 6.35. The van der Waals surface area contributed by atoms with Crippen molar-refractivity contribution in [3.63, 3.8) is 0 Å². The number of ether oxygens (including phenoxy) is 1. The van der Waals surface area contributed by atoms with E-state index >= 15 is 0 Å². The standard InChI is InChI=1S/C20H17BrO/c1-15-14-18(21)12-13-19(15)22-20(16-8-4-2-5-9-16)17-10-6-3-7-11-17/h2-14,20H,1H3. The molecule has 0 fully saturated rings. The summed E-state index contributed by atoms with van der Waals surface area (Å²) in [6.07, 6.45) is -0.109. The molecular weight excluding hydrogens is 336 g/mol. The first-order valence-electron chi connectivity index (χ1n) is 7.27. The fourth-order valence-electron chi connectivity index (χ4n) is 2.46. The van der Waals surface area contributed by atoms with Crippen LogP contribution < -0.4 is 4.74 Å². The summed E-state index contributed by atoms with van der Waals surface area (Å²) >= 11 is 3.50. The maximum atomic E-state index is 6.35.